The minimum absolute atomic E-state index is 0.0120. The lowest BCUT2D eigenvalue weighted by Crippen LogP contribution is -2.61. The van der Waals surface area contributed by atoms with Crippen molar-refractivity contribution in [2.45, 2.75) is 165 Å². The van der Waals surface area contributed by atoms with Crippen molar-refractivity contribution in [2.24, 2.45) is 22.7 Å². The summed E-state index contributed by atoms with van der Waals surface area (Å²) in [5, 5.41) is 42.0. The molecule has 2 saturated heterocycles. The molecule has 1 aromatic rings. The van der Waals surface area contributed by atoms with E-state index in [9.17, 15) is 63.0 Å². The molecule has 0 spiro atoms. The Labute approximate surface area is 479 Å². The molecule has 0 aromatic heterocycles. The van der Waals surface area contributed by atoms with E-state index in [1.165, 1.54) is 40.2 Å². The lowest BCUT2D eigenvalue weighted by atomic mass is 10.00. The number of thioether (sulfide) groups is 2. The van der Waals surface area contributed by atoms with Gasteiger partial charge in [-0.05, 0) is 99.8 Å². The summed E-state index contributed by atoms with van der Waals surface area (Å²) in [6.07, 6.45) is 3.94. The van der Waals surface area contributed by atoms with Crippen molar-refractivity contribution in [3.8, 4) is 5.75 Å². The highest BCUT2D eigenvalue weighted by Gasteiger charge is 2.43. The lowest BCUT2D eigenvalue weighted by molar-refractivity contribution is -0.144. The SMILES string of the molecule is CC(C)C[C@H]1NC(=O)[C@@H]2CCCN2C(=O)[C@@H]2CSCc3cc(cc(c3)OCCCCCCO/N=C/C(=O)N[C@@H](C)C(=O)N2)CSC[C@@H](C(N)=O)NC(=O)[C@H](CO)NC(=O)[C@@H]2CCCN2C(=O)[C@H](C(C)C)NC(=O)[C@H](CC(=O)O)NC1=O. The number of aliphatic hydroxyl groups is 1. The van der Waals surface area contributed by atoms with Crippen LogP contribution >= 0.6 is 23.5 Å². The molecule has 0 radical (unpaired) electrons. The summed E-state index contributed by atoms with van der Waals surface area (Å²) >= 11 is 2.54. The van der Waals surface area contributed by atoms with E-state index >= 15 is 0 Å². The number of nitrogens with two attached hydrogens (primary N) is 1. The maximum absolute atomic E-state index is 14.8. The molecule has 448 valence electrons. The van der Waals surface area contributed by atoms with Gasteiger partial charge < -0.3 is 72.5 Å². The Hall–Kier alpha value is -6.68. The highest BCUT2D eigenvalue weighted by molar-refractivity contribution is 7.98. The molecule has 4 aliphatic rings. The van der Waals surface area contributed by atoms with Crippen molar-refractivity contribution >= 4 is 94.8 Å². The average Bonchev–Trinajstić information content (AvgIpc) is 4.14. The first kappa shape index (κ1) is 65.1. The smallest absolute Gasteiger partial charge is 0.305 e. The number of hydrogen-bond acceptors (Lipinski definition) is 17. The summed E-state index contributed by atoms with van der Waals surface area (Å²) in [6.45, 7) is 8.04. The number of fused-ring (bicyclic) bond motifs is 7. The van der Waals surface area contributed by atoms with Gasteiger partial charge in [-0.25, -0.2) is 0 Å². The zero-order valence-electron chi connectivity index (χ0n) is 46.5. The van der Waals surface area contributed by atoms with Gasteiger partial charge in [0.05, 0.1) is 19.6 Å². The third-order valence-electron chi connectivity index (χ3n) is 13.9. The van der Waals surface area contributed by atoms with Crippen LogP contribution in [0, 0.1) is 11.8 Å². The maximum atomic E-state index is 14.8. The van der Waals surface area contributed by atoms with E-state index in [0.717, 1.165) is 30.2 Å². The van der Waals surface area contributed by atoms with Crippen molar-refractivity contribution in [1.82, 2.24) is 47.0 Å². The van der Waals surface area contributed by atoms with Gasteiger partial charge in [0.15, 0.2) is 0 Å². The Morgan fingerprint density at radius 3 is 1.84 bits per heavy atom. The van der Waals surface area contributed by atoms with Gasteiger partial charge in [-0.15, -0.1) is 0 Å². The first-order valence-corrected chi connectivity index (χ1v) is 29.8. The quantitative estimate of drug-likeness (QED) is 0.159. The van der Waals surface area contributed by atoms with E-state index < -0.39 is 138 Å². The first-order chi connectivity index (χ1) is 38.6. The van der Waals surface area contributed by atoms with E-state index in [-0.39, 0.29) is 62.1 Å². The second-order valence-corrected chi connectivity index (χ2v) is 23.4. The van der Waals surface area contributed by atoms with Crippen LogP contribution < -0.4 is 47.7 Å². The van der Waals surface area contributed by atoms with E-state index in [0.29, 0.717) is 43.8 Å². The molecule has 11 N–H and O–H groups in total. The van der Waals surface area contributed by atoms with E-state index in [1.807, 2.05) is 18.2 Å². The molecule has 2 fully saturated rings. The van der Waals surface area contributed by atoms with Gasteiger partial charge in [-0.3, -0.25) is 52.7 Å². The molecule has 1 aromatic carbocycles. The van der Waals surface area contributed by atoms with Crippen LogP contribution in [0.4, 0.5) is 0 Å². The summed E-state index contributed by atoms with van der Waals surface area (Å²) in [6, 6.07) is -6.47. The maximum Gasteiger partial charge on any atom is 0.305 e. The number of aliphatic hydroxyl groups excluding tert-OH is 1. The number of hydrogen-bond donors (Lipinski definition) is 10. The van der Waals surface area contributed by atoms with Crippen LogP contribution in [0.2, 0.25) is 0 Å². The molecule has 81 heavy (non-hydrogen) atoms. The third-order valence-corrected chi connectivity index (χ3v) is 16.1. The monoisotopic (exact) mass is 1170 g/mol. The Balaban J connectivity index is 1.53. The third kappa shape index (κ3) is 20.1. The number of rotatable bonds is 7. The van der Waals surface area contributed by atoms with E-state index in [1.54, 1.807) is 27.7 Å². The van der Waals surface area contributed by atoms with Crippen molar-refractivity contribution in [2.75, 3.05) is 44.4 Å². The number of carboxylic acids is 1. The standard InChI is InChI=1S/C53H79N11O15S2/c1-29(2)18-35-47(71)57-36(22-43(67)68)48(72)62-44(30(3)4)53(77)64-15-11-13-41(64)51(75)59-37(24-65)49(73)60-38(45(54)69)27-80-25-32-19-33-21-34(20-32)78-16-8-6-7-9-17-79-55-23-42(66)56-31(5)46(70)61-39(28-81-26-33)52(76)63-14-10-12-40(63)50(74)58-35/h19-21,23,29-31,35-41,44,65H,6-18,22,24-28H2,1-5H3,(H2,54,69)(H,56,66)(H,57,71)(H,58,74)(H,59,75)(H,60,73)(H,61,70)(H,62,72)(H,67,68)/b55-23+/t31-,35+,36-,37-,38-,39-,40-,41-,44-/m0/s1. The number of oxime groups is 1. The minimum Gasteiger partial charge on any atom is -0.494 e. The zero-order valence-corrected chi connectivity index (χ0v) is 48.2. The van der Waals surface area contributed by atoms with Gasteiger partial charge in [0.2, 0.25) is 53.2 Å². The van der Waals surface area contributed by atoms with E-state index in [2.05, 4.69) is 42.4 Å². The number of carbonyl (C=O) groups excluding carboxylic acids is 10. The minimum atomic E-state index is -1.77. The highest BCUT2D eigenvalue weighted by Crippen LogP contribution is 2.27. The van der Waals surface area contributed by atoms with Crippen LogP contribution in [0.5, 0.6) is 5.75 Å². The molecule has 0 aliphatic carbocycles. The van der Waals surface area contributed by atoms with Crippen molar-refractivity contribution in [1.29, 1.82) is 0 Å². The topological polar surface area (TPSA) is 376 Å². The molecule has 4 aliphatic heterocycles. The number of nitrogens with one attached hydrogen (secondary N) is 7. The Morgan fingerprint density at radius 2 is 1.25 bits per heavy atom. The van der Waals surface area contributed by atoms with Crippen LogP contribution in [0.15, 0.2) is 23.4 Å². The van der Waals surface area contributed by atoms with Crippen LogP contribution in [0.3, 0.4) is 0 Å². The molecular weight excluding hydrogens is 1090 g/mol. The molecule has 0 unspecified atom stereocenters. The average molecular weight is 1170 g/mol. The van der Waals surface area contributed by atoms with Gasteiger partial charge in [0.1, 0.15) is 72.9 Å². The summed E-state index contributed by atoms with van der Waals surface area (Å²) in [5.41, 5.74) is 7.28. The van der Waals surface area contributed by atoms with Gasteiger partial charge >= 0.3 is 5.97 Å². The van der Waals surface area contributed by atoms with Crippen LogP contribution in [0.1, 0.15) is 110 Å². The molecule has 26 nitrogen and oxygen atoms in total. The zero-order chi connectivity index (χ0) is 59.3. The molecule has 0 saturated carbocycles. The predicted molar refractivity (Wildman–Crippen MR) is 299 cm³/mol. The second-order valence-electron chi connectivity index (χ2n) is 21.3. The predicted octanol–water partition coefficient (Wildman–Crippen LogP) is -0.828. The number of ether oxygens (including phenoxy) is 1. The number of carboxylic acid groups (broad SMARTS) is 1. The first-order valence-electron chi connectivity index (χ1n) is 27.5. The molecule has 10 amide bonds. The fourth-order valence-electron chi connectivity index (χ4n) is 9.61. The molecule has 4 bridgehead atoms. The number of benzene rings is 1. The van der Waals surface area contributed by atoms with Gasteiger partial charge in [-0.1, -0.05) is 38.9 Å². The Kier molecular flexibility index (Phi) is 25.8. The van der Waals surface area contributed by atoms with Crippen LogP contribution in [0.25, 0.3) is 0 Å². The summed E-state index contributed by atoms with van der Waals surface area (Å²) in [7, 11) is 0. The Bertz CT molecular complexity index is 2470. The normalized spacial score (nSPS) is 27.9. The number of amides is 10. The fraction of sp³-hybridized carbons (Fsp3) is 0.660. The van der Waals surface area contributed by atoms with Crippen LogP contribution in [-0.2, 0) is 69.1 Å². The van der Waals surface area contributed by atoms with Gasteiger partial charge in [-0.2, -0.15) is 23.5 Å². The Morgan fingerprint density at radius 1 is 0.679 bits per heavy atom. The lowest BCUT2D eigenvalue weighted by Gasteiger charge is -2.32. The van der Waals surface area contributed by atoms with Crippen molar-refractivity contribution in [3.05, 3.63) is 29.3 Å². The molecular formula is C53H79N11O15S2. The molecule has 5 rings (SSSR count). The van der Waals surface area contributed by atoms with Crippen molar-refractivity contribution < 1.29 is 72.5 Å². The molecule has 4 heterocycles. The van der Waals surface area contributed by atoms with E-state index in [4.69, 9.17) is 15.3 Å². The second kappa shape index (κ2) is 32.1. The number of nitrogens with zero attached hydrogens (tertiary/aromatic N) is 3. The fourth-order valence-corrected chi connectivity index (χ4v) is 11.6. The molecule has 9 atom stereocenters. The number of carbonyl (C=O) groups is 11. The molecule has 28 heteroatoms. The van der Waals surface area contributed by atoms with Gasteiger partial charge in [0, 0.05) is 36.1 Å². The number of aliphatic carboxylic acids is 1. The summed E-state index contributed by atoms with van der Waals surface area (Å²) < 4.78 is 6.22. The summed E-state index contributed by atoms with van der Waals surface area (Å²) in [5.74, 6) is -9.43. The number of primary amides is 1. The van der Waals surface area contributed by atoms with Gasteiger partial charge in [0.25, 0.3) is 5.91 Å². The summed E-state index contributed by atoms with van der Waals surface area (Å²) in [4.78, 5) is 159. The van der Waals surface area contributed by atoms with Crippen molar-refractivity contribution in [3.63, 3.8) is 0 Å². The highest BCUT2D eigenvalue weighted by atomic mass is 32.2. The van der Waals surface area contributed by atoms with Crippen LogP contribution in [-0.4, -0.2) is 190 Å². The largest absolute Gasteiger partial charge is 0.494 e.